The molecule has 0 aliphatic carbocycles. The Morgan fingerprint density at radius 3 is 2.32 bits per heavy atom. The third-order valence-corrected chi connectivity index (χ3v) is 4.20. The fourth-order valence-electron chi connectivity index (χ4n) is 2.68. The normalized spacial score (nSPS) is 11.2. The first-order valence-corrected chi connectivity index (χ1v) is 8.34. The zero-order valence-corrected chi connectivity index (χ0v) is 15.2. The van der Waals surface area contributed by atoms with Gasteiger partial charge in [0.15, 0.2) is 5.76 Å². The summed E-state index contributed by atoms with van der Waals surface area (Å²) in [6.07, 6.45) is 1.56. The van der Waals surface area contributed by atoms with E-state index in [9.17, 15) is 4.79 Å². The van der Waals surface area contributed by atoms with Crippen LogP contribution in [0.3, 0.4) is 0 Å². The van der Waals surface area contributed by atoms with Gasteiger partial charge in [-0.05, 0) is 31.3 Å². The lowest BCUT2D eigenvalue weighted by molar-refractivity contribution is 0.0756. The molecular formula is C19H20ClN3O2. The summed E-state index contributed by atoms with van der Waals surface area (Å²) >= 11 is 6.04. The first-order chi connectivity index (χ1) is 11.9. The van der Waals surface area contributed by atoms with Gasteiger partial charge in [0.2, 0.25) is 0 Å². The van der Waals surface area contributed by atoms with Gasteiger partial charge in [-0.25, -0.2) is 4.98 Å². The summed E-state index contributed by atoms with van der Waals surface area (Å²) in [6.45, 7) is 1.40. The molecule has 0 aliphatic heterocycles. The molecule has 0 N–H and O–H groups in total. The number of hydrogen-bond acceptors (Lipinski definition) is 4. The minimum absolute atomic E-state index is 0.190. The molecule has 0 bridgehead atoms. The second-order valence-corrected chi connectivity index (χ2v) is 6.70. The number of rotatable bonds is 5. The van der Waals surface area contributed by atoms with Crippen LogP contribution in [0.15, 0.2) is 47.0 Å². The predicted octanol–water partition coefficient (Wildman–Crippen LogP) is 3.82. The molecule has 2 heterocycles. The van der Waals surface area contributed by atoms with Crippen LogP contribution in [0.4, 0.5) is 0 Å². The molecule has 2 aromatic heterocycles. The lowest BCUT2D eigenvalue weighted by atomic mass is 10.1. The third kappa shape index (κ3) is 4.00. The van der Waals surface area contributed by atoms with Gasteiger partial charge in [0, 0.05) is 32.4 Å². The van der Waals surface area contributed by atoms with E-state index in [0.29, 0.717) is 22.7 Å². The van der Waals surface area contributed by atoms with Gasteiger partial charge < -0.3 is 14.2 Å². The average Bonchev–Trinajstić information content (AvgIpc) is 3.01. The van der Waals surface area contributed by atoms with Crippen LogP contribution in [0.1, 0.15) is 21.7 Å². The van der Waals surface area contributed by atoms with Gasteiger partial charge in [0.1, 0.15) is 10.7 Å². The highest BCUT2D eigenvalue weighted by Gasteiger charge is 2.18. The van der Waals surface area contributed by atoms with Gasteiger partial charge in [-0.3, -0.25) is 4.79 Å². The third-order valence-electron chi connectivity index (χ3n) is 3.90. The van der Waals surface area contributed by atoms with Gasteiger partial charge in [0.25, 0.3) is 5.91 Å². The fraction of sp³-hybridized carbons (Fsp3) is 0.263. The van der Waals surface area contributed by atoms with E-state index in [2.05, 4.69) is 22.0 Å². The van der Waals surface area contributed by atoms with Crippen molar-refractivity contribution < 1.29 is 9.21 Å². The first-order valence-electron chi connectivity index (χ1n) is 7.96. The molecule has 1 aromatic carbocycles. The van der Waals surface area contributed by atoms with Gasteiger partial charge in [-0.1, -0.05) is 35.9 Å². The van der Waals surface area contributed by atoms with E-state index in [1.54, 1.807) is 30.3 Å². The average molecular weight is 358 g/mol. The van der Waals surface area contributed by atoms with Crippen molar-refractivity contribution in [2.75, 3.05) is 21.1 Å². The van der Waals surface area contributed by atoms with Crippen LogP contribution >= 0.6 is 11.6 Å². The molecule has 0 fully saturated rings. The van der Waals surface area contributed by atoms with E-state index < -0.39 is 0 Å². The lowest BCUT2D eigenvalue weighted by Gasteiger charge is -2.16. The molecule has 0 aliphatic rings. The maximum absolute atomic E-state index is 12.6. The van der Waals surface area contributed by atoms with E-state index in [-0.39, 0.29) is 11.7 Å². The molecule has 25 heavy (non-hydrogen) atoms. The lowest BCUT2D eigenvalue weighted by Crippen LogP contribution is -2.25. The summed E-state index contributed by atoms with van der Waals surface area (Å²) in [4.78, 5) is 20.3. The van der Waals surface area contributed by atoms with Crippen LogP contribution in [0.5, 0.6) is 0 Å². The second-order valence-electron chi connectivity index (χ2n) is 6.34. The molecule has 3 aromatic rings. The number of carbonyl (C=O) groups is 1. The number of furan rings is 1. The molecule has 6 heteroatoms. The molecular weight excluding hydrogens is 338 g/mol. The number of hydrogen-bond donors (Lipinski definition) is 0. The van der Waals surface area contributed by atoms with Crippen LogP contribution < -0.4 is 0 Å². The first kappa shape index (κ1) is 17.5. The summed E-state index contributed by atoms with van der Waals surface area (Å²) < 4.78 is 5.61. The maximum atomic E-state index is 12.6. The molecule has 0 spiro atoms. The monoisotopic (exact) mass is 357 g/mol. The van der Waals surface area contributed by atoms with Crippen molar-refractivity contribution in [1.29, 1.82) is 0 Å². The van der Waals surface area contributed by atoms with Gasteiger partial charge in [-0.2, -0.15) is 0 Å². The van der Waals surface area contributed by atoms with Gasteiger partial charge in [0.05, 0.1) is 5.39 Å². The van der Waals surface area contributed by atoms with Crippen molar-refractivity contribution in [3.63, 3.8) is 0 Å². The molecule has 3 rings (SSSR count). The molecule has 0 radical (unpaired) electrons. The van der Waals surface area contributed by atoms with Crippen LogP contribution in [0.25, 0.3) is 11.0 Å². The highest BCUT2D eigenvalue weighted by Crippen LogP contribution is 2.25. The summed E-state index contributed by atoms with van der Waals surface area (Å²) in [7, 11) is 5.83. The van der Waals surface area contributed by atoms with E-state index in [1.807, 2.05) is 26.2 Å². The van der Waals surface area contributed by atoms with E-state index in [1.165, 1.54) is 5.56 Å². The minimum atomic E-state index is -0.190. The van der Waals surface area contributed by atoms with Crippen molar-refractivity contribution in [2.45, 2.75) is 13.1 Å². The Labute approximate surface area is 151 Å². The van der Waals surface area contributed by atoms with Crippen molar-refractivity contribution in [3.8, 4) is 0 Å². The van der Waals surface area contributed by atoms with Crippen LogP contribution in [0.2, 0.25) is 5.15 Å². The zero-order valence-electron chi connectivity index (χ0n) is 14.5. The Balaban J connectivity index is 1.72. The minimum Gasteiger partial charge on any atom is -0.451 e. The van der Waals surface area contributed by atoms with E-state index in [0.717, 1.165) is 12.1 Å². The molecule has 1 amide bonds. The topological polar surface area (TPSA) is 49.6 Å². The fourth-order valence-corrected chi connectivity index (χ4v) is 2.89. The smallest absolute Gasteiger partial charge is 0.289 e. The number of fused-ring (bicyclic) bond motifs is 1. The molecule has 5 nitrogen and oxygen atoms in total. The van der Waals surface area contributed by atoms with Crippen LogP contribution in [0, 0.1) is 0 Å². The second kappa shape index (κ2) is 7.25. The van der Waals surface area contributed by atoms with Crippen LogP contribution in [-0.4, -0.2) is 41.8 Å². The summed E-state index contributed by atoms with van der Waals surface area (Å²) in [5.41, 5.74) is 2.86. The largest absolute Gasteiger partial charge is 0.451 e. The van der Waals surface area contributed by atoms with Crippen molar-refractivity contribution >= 4 is 28.5 Å². The quantitative estimate of drug-likeness (QED) is 0.651. The number of nitrogens with zero attached hydrogens (tertiary/aromatic N) is 3. The van der Waals surface area contributed by atoms with Crippen LogP contribution in [-0.2, 0) is 13.1 Å². The van der Waals surface area contributed by atoms with E-state index in [4.69, 9.17) is 16.0 Å². The number of pyridine rings is 1. The van der Waals surface area contributed by atoms with Crippen molar-refractivity contribution in [2.24, 2.45) is 0 Å². The molecule has 130 valence electrons. The molecule has 0 saturated heterocycles. The molecule has 0 unspecified atom stereocenters. The Hall–Kier alpha value is -2.37. The summed E-state index contributed by atoms with van der Waals surface area (Å²) in [6, 6.07) is 11.6. The maximum Gasteiger partial charge on any atom is 0.289 e. The Morgan fingerprint density at radius 2 is 1.72 bits per heavy atom. The van der Waals surface area contributed by atoms with E-state index >= 15 is 0 Å². The van der Waals surface area contributed by atoms with Crippen molar-refractivity contribution in [1.82, 2.24) is 14.8 Å². The van der Waals surface area contributed by atoms with Crippen molar-refractivity contribution in [3.05, 3.63) is 64.6 Å². The standard InChI is InChI=1S/C19H20ClN3O2/c1-22(2)11-13-4-6-14(7-5-13)12-23(3)19(24)17-10-15-16(25-17)8-9-21-18(15)20/h4-10H,11-12H2,1-3H3. The number of benzene rings is 1. The SMILES string of the molecule is CN(C)Cc1ccc(CN(C)C(=O)c2cc3c(Cl)nccc3o2)cc1. The summed E-state index contributed by atoms with van der Waals surface area (Å²) in [5.74, 6) is 0.0706. The highest BCUT2D eigenvalue weighted by atomic mass is 35.5. The number of aromatic nitrogens is 1. The number of halogens is 1. The Morgan fingerprint density at radius 1 is 1.08 bits per heavy atom. The molecule has 0 saturated carbocycles. The van der Waals surface area contributed by atoms with Gasteiger partial charge in [-0.15, -0.1) is 0 Å². The molecule has 0 atom stereocenters. The Kier molecular flexibility index (Phi) is 5.06. The zero-order chi connectivity index (χ0) is 18.0. The number of carbonyl (C=O) groups excluding carboxylic acids is 1. The number of amides is 1. The van der Waals surface area contributed by atoms with Gasteiger partial charge >= 0.3 is 0 Å². The summed E-state index contributed by atoms with van der Waals surface area (Å²) in [5, 5.41) is 0.980. The predicted molar refractivity (Wildman–Crippen MR) is 98.6 cm³/mol. The highest BCUT2D eigenvalue weighted by molar-refractivity contribution is 6.34. The Bertz CT molecular complexity index is 887.